The quantitative estimate of drug-likeness (QED) is 0.301. The van der Waals surface area contributed by atoms with Gasteiger partial charge in [0.25, 0.3) is 5.91 Å². The molecule has 0 spiro atoms. The van der Waals surface area contributed by atoms with Crippen molar-refractivity contribution in [3.63, 3.8) is 0 Å². The van der Waals surface area contributed by atoms with Gasteiger partial charge < -0.3 is 18.8 Å². The van der Waals surface area contributed by atoms with Crippen LogP contribution in [0.2, 0.25) is 0 Å². The van der Waals surface area contributed by atoms with Crippen molar-refractivity contribution in [1.29, 1.82) is 0 Å². The fourth-order valence-electron chi connectivity index (χ4n) is 4.75. The lowest BCUT2D eigenvalue weighted by Gasteiger charge is -2.25. The van der Waals surface area contributed by atoms with Crippen molar-refractivity contribution < 1.29 is 18.7 Å². The number of rotatable bonds is 9. The van der Waals surface area contributed by atoms with E-state index in [1.165, 1.54) is 0 Å². The number of ether oxygens (including phenoxy) is 2. The molecule has 3 aromatic rings. The van der Waals surface area contributed by atoms with Crippen LogP contribution in [-0.2, 0) is 0 Å². The smallest absolute Gasteiger partial charge is 0.290 e. The summed E-state index contributed by atoms with van der Waals surface area (Å²) in [6.07, 6.45) is 4.53. The molecule has 178 valence electrons. The third kappa shape index (κ3) is 4.09. The average molecular weight is 462 g/mol. The number of unbranched alkanes of at least 4 members (excludes halogenated alkanes) is 2. The van der Waals surface area contributed by atoms with Gasteiger partial charge >= 0.3 is 0 Å². The van der Waals surface area contributed by atoms with E-state index >= 15 is 0 Å². The fourth-order valence-corrected chi connectivity index (χ4v) is 4.75. The molecule has 34 heavy (non-hydrogen) atoms. The van der Waals surface area contributed by atoms with E-state index in [0.29, 0.717) is 41.2 Å². The Morgan fingerprint density at radius 1 is 1.12 bits per heavy atom. The maximum Gasteiger partial charge on any atom is 0.290 e. The van der Waals surface area contributed by atoms with Crippen LogP contribution in [-0.4, -0.2) is 31.1 Å². The Balaban J connectivity index is 1.91. The minimum absolute atomic E-state index is 0.134. The Hall–Kier alpha value is -3.54. The lowest BCUT2D eigenvalue weighted by atomic mass is 9.96. The average Bonchev–Trinajstić information content (AvgIpc) is 3.09. The van der Waals surface area contributed by atoms with Crippen LogP contribution >= 0.6 is 0 Å². The predicted octanol–water partition coefficient (Wildman–Crippen LogP) is 5.72. The van der Waals surface area contributed by atoms with E-state index in [1.54, 1.807) is 18.1 Å². The molecule has 1 aliphatic rings. The zero-order valence-corrected chi connectivity index (χ0v) is 20.3. The van der Waals surface area contributed by atoms with Crippen LogP contribution in [0.4, 0.5) is 0 Å². The molecule has 1 aliphatic heterocycles. The lowest BCUT2D eigenvalue weighted by molar-refractivity contribution is 0.0724. The lowest BCUT2D eigenvalue weighted by Crippen LogP contribution is -2.30. The number of fused-ring (bicyclic) bond motifs is 2. The maximum absolute atomic E-state index is 13.8. The van der Waals surface area contributed by atoms with Crippen molar-refractivity contribution in [1.82, 2.24) is 4.90 Å². The summed E-state index contributed by atoms with van der Waals surface area (Å²) in [4.78, 5) is 29.1. The number of amides is 1. The molecule has 2 aromatic carbocycles. The van der Waals surface area contributed by atoms with Gasteiger partial charge in [-0.25, -0.2) is 0 Å². The molecule has 1 aromatic heterocycles. The molecule has 0 aliphatic carbocycles. The second kappa shape index (κ2) is 9.75. The Kier molecular flexibility index (Phi) is 6.77. The van der Waals surface area contributed by atoms with Gasteiger partial charge in [0.1, 0.15) is 12.2 Å². The van der Waals surface area contributed by atoms with E-state index in [-0.39, 0.29) is 17.1 Å². The topological polar surface area (TPSA) is 69.0 Å². The summed E-state index contributed by atoms with van der Waals surface area (Å²) < 4.78 is 17.4. The number of carbonyl (C=O) groups is 1. The molecule has 0 N–H and O–H groups in total. The number of methoxy groups -OCH3 is 1. The molecule has 2 heterocycles. The van der Waals surface area contributed by atoms with Crippen LogP contribution < -0.4 is 14.9 Å². The van der Waals surface area contributed by atoms with E-state index in [2.05, 4.69) is 13.5 Å². The third-order valence-corrected chi connectivity index (χ3v) is 6.27. The minimum Gasteiger partial charge on any atom is -0.493 e. The summed E-state index contributed by atoms with van der Waals surface area (Å²) in [5, 5.41) is 0.524. The number of hydrogen-bond donors (Lipinski definition) is 0. The number of aryl methyl sites for hydroxylation is 2. The number of nitrogens with zero attached hydrogens (tertiary/aromatic N) is 1. The zero-order chi connectivity index (χ0) is 24.4. The molecular formula is C28H31NO5. The van der Waals surface area contributed by atoms with Gasteiger partial charge in [-0.05, 0) is 55.2 Å². The van der Waals surface area contributed by atoms with Crippen LogP contribution in [0.25, 0.3) is 11.0 Å². The number of benzene rings is 2. The first-order chi connectivity index (χ1) is 16.4. The highest BCUT2D eigenvalue weighted by atomic mass is 16.5. The van der Waals surface area contributed by atoms with Crippen LogP contribution in [0.15, 0.2) is 52.2 Å². The predicted molar refractivity (Wildman–Crippen MR) is 133 cm³/mol. The first-order valence-electron chi connectivity index (χ1n) is 11.7. The molecule has 0 radical (unpaired) electrons. The highest BCUT2D eigenvalue weighted by molar-refractivity contribution is 5.99. The molecule has 1 amide bonds. The minimum atomic E-state index is -0.553. The van der Waals surface area contributed by atoms with E-state index in [4.69, 9.17) is 13.9 Å². The van der Waals surface area contributed by atoms with Gasteiger partial charge in [-0.1, -0.05) is 44.6 Å². The summed E-state index contributed by atoms with van der Waals surface area (Å²) in [7, 11) is 1.57. The van der Waals surface area contributed by atoms with Crippen molar-refractivity contribution in [3.05, 3.63) is 81.2 Å². The largest absolute Gasteiger partial charge is 0.493 e. The molecule has 4 rings (SSSR count). The first-order valence-corrected chi connectivity index (χ1v) is 11.7. The summed E-state index contributed by atoms with van der Waals surface area (Å²) in [5.74, 6) is 0.992. The molecule has 6 nitrogen and oxygen atoms in total. The summed E-state index contributed by atoms with van der Waals surface area (Å²) in [6, 6.07) is 8.76. The third-order valence-electron chi connectivity index (χ3n) is 6.27. The van der Waals surface area contributed by atoms with Crippen molar-refractivity contribution in [2.24, 2.45) is 0 Å². The summed E-state index contributed by atoms with van der Waals surface area (Å²) in [6.45, 7) is 10.5. The van der Waals surface area contributed by atoms with Gasteiger partial charge in [0.2, 0.25) is 5.76 Å². The summed E-state index contributed by atoms with van der Waals surface area (Å²) in [5.41, 5.74) is 3.29. The van der Waals surface area contributed by atoms with E-state index in [0.717, 1.165) is 36.0 Å². The van der Waals surface area contributed by atoms with Crippen LogP contribution in [0.1, 0.15) is 65.0 Å². The van der Waals surface area contributed by atoms with Gasteiger partial charge in [0, 0.05) is 6.54 Å². The van der Waals surface area contributed by atoms with Gasteiger partial charge in [-0.2, -0.15) is 0 Å². The highest BCUT2D eigenvalue weighted by Gasteiger charge is 2.42. The molecule has 1 atom stereocenters. The maximum atomic E-state index is 13.8. The Bertz CT molecular complexity index is 1310. The second-order valence-electron chi connectivity index (χ2n) is 8.75. The van der Waals surface area contributed by atoms with Crippen molar-refractivity contribution in [3.8, 4) is 11.5 Å². The molecule has 6 heteroatoms. The van der Waals surface area contributed by atoms with Gasteiger partial charge in [0.05, 0.1) is 24.1 Å². The molecule has 0 fully saturated rings. The van der Waals surface area contributed by atoms with Crippen LogP contribution in [0.3, 0.4) is 0 Å². The fraction of sp³-hybridized carbons (Fsp3) is 0.357. The monoisotopic (exact) mass is 461 g/mol. The molecule has 0 saturated carbocycles. The Morgan fingerprint density at radius 2 is 1.91 bits per heavy atom. The SMILES string of the molecule is C=CCOc1ccc(C2c3c(oc4cc(C)cc(C)c4c3=O)C(=O)N2CCCCC)cc1OC. The van der Waals surface area contributed by atoms with Crippen molar-refractivity contribution in [2.75, 3.05) is 20.3 Å². The zero-order valence-electron chi connectivity index (χ0n) is 20.3. The Labute approximate surface area is 199 Å². The normalized spacial score (nSPS) is 15.0. The number of carbonyl (C=O) groups excluding carboxylic acids is 1. The van der Waals surface area contributed by atoms with Gasteiger partial charge in [0.15, 0.2) is 16.9 Å². The van der Waals surface area contributed by atoms with Gasteiger partial charge in [-0.15, -0.1) is 0 Å². The second-order valence-corrected chi connectivity index (χ2v) is 8.75. The molecular weight excluding hydrogens is 430 g/mol. The highest BCUT2D eigenvalue weighted by Crippen LogP contribution is 2.41. The van der Waals surface area contributed by atoms with Crippen LogP contribution in [0, 0.1) is 13.8 Å². The van der Waals surface area contributed by atoms with Crippen molar-refractivity contribution in [2.45, 2.75) is 46.1 Å². The molecule has 0 bridgehead atoms. The molecule has 1 unspecified atom stereocenters. The standard InChI is InChI=1S/C28H31NO5/c1-6-8-9-12-29-25(19-10-11-20(33-13-7-2)21(16-19)32-5)24-26(30)23-18(4)14-17(3)15-22(23)34-27(24)28(29)31/h7,10-11,14-16,25H,2,6,8-9,12-13H2,1,3-5H3. The van der Waals surface area contributed by atoms with Crippen molar-refractivity contribution >= 4 is 16.9 Å². The Morgan fingerprint density at radius 3 is 2.62 bits per heavy atom. The first kappa shape index (κ1) is 23.6. The van der Waals surface area contributed by atoms with E-state index in [1.807, 2.05) is 44.2 Å². The van der Waals surface area contributed by atoms with E-state index < -0.39 is 6.04 Å². The van der Waals surface area contributed by atoms with Gasteiger partial charge in [-0.3, -0.25) is 9.59 Å². The summed E-state index contributed by atoms with van der Waals surface area (Å²) >= 11 is 0. The molecule has 0 saturated heterocycles. The number of hydrogen-bond acceptors (Lipinski definition) is 5. The van der Waals surface area contributed by atoms with Crippen LogP contribution in [0.5, 0.6) is 11.5 Å². The van der Waals surface area contributed by atoms with E-state index in [9.17, 15) is 9.59 Å².